The average molecular weight is 364 g/mol. The maximum absolute atomic E-state index is 12.0. The monoisotopic (exact) mass is 363 g/mol. The van der Waals surface area contributed by atoms with Gasteiger partial charge in [0.1, 0.15) is 5.82 Å². The number of carbonyl (C=O) groups excluding carboxylic acids is 1. The summed E-state index contributed by atoms with van der Waals surface area (Å²) >= 11 is 3.35. The van der Waals surface area contributed by atoms with Crippen molar-refractivity contribution >= 4 is 27.8 Å². The molecule has 0 aliphatic carbocycles. The predicted octanol–water partition coefficient (Wildman–Crippen LogP) is 3.40. The van der Waals surface area contributed by atoms with E-state index in [1.165, 1.54) is 0 Å². The topological polar surface area (TPSA) is 74.2 Å². The molecule has 2 atom stereocenters. The molecule has 3 N–H and O–H groups in total. The predicted molar refractivity (Wildman–Crippen MR) is 89.7 cm³/mol. The first-order chi connectivity index (χ1) is 10.5. The van der Waals surface area contributed by atoms with Crippen molar-refractivity contribution in [2.45, 2.75) is 26.0 Å². The molecule has 0 aliphatic rings. The van der Waals surface area contributed by atoms with Crippen molar-refractivity contribution in [2.75, 3.05) is 5.32 Å². The molecule has 1 aromatic carbocycles. The number of amides is 2. The number of hydrogen-bond acceptors (Lipinski definition) is 3. The molecule has 22 heavy (non-hydrogen) atoms. The first-order valence-electron chi connectivity index (χ1n) is 6.90. The molecule has 0 bridgehead atoms. The van der Waals surface area contributed by atoms with Gasteiger partial charge in [0.05, 0.1) is 12.1 Å². The fraction of sp³-hybridized carbons (Fsp3) is 0.250. The standard InChI is InChI=1S/C16H18BrN3O2/c1-10-4-3-9-18-15(10)20-16(22)19-11(2)14(21)12-5-7-13(17)8-6-12/h3-9,11,14,21H,1-2H3,(H2,18,19,20,22)/t11-,14+/m0/s1. The number of urea groups is 1. The van der Waals surface area contributed by atoms with Crippen LogP contribution in [0.4, 0.5) is 10.6 Å². The summed E-state index contributed by atoms with van der Waals surface area (Å²) in [6.45, 7) is 3.61. The summed E-state index contributed by atoms with van der Waals surface area (Å²) in [4.78, 5) is 16.1. The molecule has 0 aliphatic heterocycles. The highest BCUT2D eigenvalue weighted by molar-refractivity contribution is 9.10. The number of aliphatic hydroxyl groups is 1. The molecule has 2 rings (SSSR count). The van der Waals surface area contributed by atoms with Gasteiger partial charge in [0.15, 0.2) is 0 Å². The number of carbonyl (C=O) groups is 1. The van der Waals surface area contributed by atoms with Crippen LogP contribution in [0, 0.1) is 6.92 Å². The van der Waals surface area contributed by atoms with Crippen LogP contribution in [0.2, 0.25) is 0 Å². The highest BCUT2D eigenvalue weighted by atomic mass is 79.9. The number of aliphatic hydroxyl groups excluding tert-OH is 1. The van der Waals surface area contributed by atoms with Gasteiger partial charge in [-0.25, -0.2) is 9.78 Å². The number of benzene rings is 1. The fourth-order valence-electron chi connectivity index (χ4n) is 1.99. The average Bonchev–Trinajstić information content (AvgIpc) is 2.49. The van der Waals surface area contributed by atoms with E-state index in [-0.39, 0.29) is 0 Å². The van der Waals surface area contributed by atoms with Crippen molar-refractivity contribution in [3.8, 4) is 0 Å². The third-order valence-corrected chi connectivity index (χ3v) is 3.81. The van der Waals surface area contributed by atoms with Crippen molar-refractivity contribution < 1.29 is 9.90 Å². The van der Waals surface area contributed by atoms with E-state index in [2.05, 4.69) is 31.5 Å². The lowest BCUT2D eigenvalue weighted by atomic mass is 10.0. The Morgan fingerprint density at radius 3 is 2.59 bits per heavy atom. The Morgan fingerprint density at radius 2 is 1.95 bits per heavy atom. The number of rotatable bonds is 4. The number of nitrogens with zero attached hydrogens (tertiary/aromatic N) is 1. The molecule has 1 heterocycles. The van der Waals surface area contributed by atoms with Crippen molar-refractivity contribution in [3.05, 3.63) is 58.2 Å². The second kappa shape index (κ2) is 7.38. The van der Waals surface area contributed by atoms with Gasteiger partial charge < -0.3 is 10.4 Å². The SMILES string of the molecule is Cc1cccnc1NC(=O)N[C@@H](C)[C@@H](O)c1ccc(Br)cc1. The Kier molecular flexibility index (Phi) is 5.51. The molecule has 1 aromatic heterocycles. The Bertz CT molecular complexity index is 646. The number of anilines is 1. The first kappa shape index (κ1) is 16.5. The van der Waals surface area contributed by atoms with E-state index in [0.717, 1.165) is 15.6 Å². The summed E-state index contributed by atoms with van der Waals surface area (Å²) in [6, 6.07) is 10.2. The lowest BCUT2D eigenvalue weighted by molar-refractivity contribution is 0.139. The number of aromatic nitrogens is 1. The van der Waals surface area contributed by atoms with Gasteiger partial charge in [-0.3, -0.25) is 5.32 Å². The van der Waals surface area contributed by atoms with Gasteiger partial charge in [-0.2, -0.15) is 0 Å². The molecule has 2 amide bonds. The summed E-state index contributed by atoms with van der Waals surface area (Å²) in [7, 11) is 0. The minimum absolute atomic E-state index is 0.398. The third kappa shape index (κ3) is 4.29. The zero-order valence-electron chi connectivity index (χ0n) is 12.4. The normalized spacial score (nSPS) is 13.3. The van der Waals surface area contributed by atoms with Crippen LogP contribution in [0.5, 0.6) is 0 Å². The van der Waals surface area contributed by atoms with E-state index in [1.54, 1.807) is 19.2 Å². The molecule has 0 fully saturated rings. The van der Waals surface area contributed by atoms with Crippen molar-refractivity contribution in [1.82, 2.24) is 10.3 Å². The summed E-state index contributed by atoms with van der Waals surface area (Å²) in [5.74, 6) is 0.505. The number of halogens is 1. The minimum Gasteiger partial charge on any atom is -0.386 e. The molecule has 0 unspecified atom stereocenters. The van der Waals surface area contributed by atoms with Gasteiger partial charge in [-0.15, -0.1) is 0 Å². The Balaban J connectivity index is 1.96. The highest BCUT2D eigenvalue weighted by Crippen LogP contribution is 2.19. The van der Waals surface area contributed by atoms with Gasteiger partial charge in [0.25, 0.3) is 0 Å². The number of pyridine rings is 1. The summed E-state index contributed by atoms with van der Waals surface area (Å²) in [5.41, 5.74) is 1.61. The summed E-state index contributed by atoms with van der Waals surface area (Å²) in [6.07, 6.45) is 0.826. The molecule has 5 nitrogen and oxygen atoms in total. The number of hydrogen-bond donors (Lipinski definition) is 3. The van der Waals surface area contributed by atoms with E-state index in [9.17, 15) is 9.90 Å². The molecular weight excluding hydrogens is 346 g/mol. The van der Waals surface area contributed by atoms with Crippen LogP contribution in [-0.2, 0) is 0 Å². The van der Waals surface area contributed by atoms with Crippen LogP contribution in [0.15, 0.2) is 47.1 Å². The van der Waals surface area contributed by atoms with E-state index < -0.39 is 18.2 Å². The Morgan fingerprint density at radius 1 is 1.27 bits per heavy atom. The second-order valence-electron chi connectivity index (χ2n) is 5.05. The lowest BCUT2D eigenvalue weighted by Gasteiger charge is -2.21. The van der Waals surface area contributed by atoms with Crippen molar-refractivity contribution in [1.29, 1.82) is 0 Å². The van der Waals surface area contributed by atoms with Crippen molar-refractivity contribution in [3.63, 3.8) is 0 Å². The lowest BCUT2D eigenvalue weighted by Crippen LogP contribution is -2.40. The summed E-state index contributed by atoms with van der Waals surface area (Å²) in [5, 5.41) is 15.7. The second-order valence-corrected chi connectivity index (χ2v) is 5.97. The largest absolute Gasteiger partial charge is 0.386 e. The molecular formula is C16H18BrN3O2. The highest BCUT2D eigenvalue weighted by Gasteiger charge is 2.18. The minimum atomic E-state index is -0.788. The molecule has 6 heteroatoms. The van der Waals surface area contributed by atoms with E-state index in [4.69, 9.17) is 0 Å². The van der Waals surface area contributed by atoms with Gasteiger partial charge in [0, 0.05) is 10.7 Å². The molecule has 116 valence electrons. The first-order valence-corrected chi connectivity index (χ1v) is 7.69. The van der Waals surface area contributed by atoms with Gasteiger partial charge in [-0.1, -0.05) is 34.1 Å². The Labute approximate surface area is 137 Å². The van der Waals surface area contributed by atoms with Crippen LogP contribution < -0.4 is 10.6 Å². The van der Waals surface area contributed by atoms with Crippen LogP contribution in [0.25, 0.3) is 0 Å². The van der Waals surface area contributed by atoms with Crippen LogP contribution in [0.3, 0.4) is 0 Å². The molecule has 2 aromatic rings. The fourth-order valence-corrected chi connectivity index (χ4v) is 2.26. The number of nitrogens with one attached hydrogen (secondary N) is 2. The zero-order chi connectivity index (χ0) is 16.1. The van der Waals surface area contributed by atoms with Crippen LogP contribution >= 0.6 is 15.9 Å². The summed E-state index contributed by atoms with van der Waals surface area (Å²) < 4.78 is 0.937. The van der Waals surface area contributed by atoms with Gasteiger partial charge >= 0.3 is 6.03 Å². The third-order valence-electron chi connectivity index (χ3n) is 3.29. The molecule has 0 spiro atoms. The smallest absolute Gasteiger partial charge is 0.320 e. The molecule has 0 saturated heterocycles. The zero-order valence-corrected chi connectivity index (χ0v) is 14.0. The van der Waals surface area contributed by atoms with E-state index >= 15 is 0 Å². The quantitative estimate of drug-likeness (QED) is 0.779. The maximum atomic E-state index is 12.0. The van der Waals surface area contributed by atoms with Crippen molar-refractivity contribution in [2.24, 2.45) is 0 Å². The van der Waals surface area contributed by atoms with Gasteiger partial charge in [0.2, 0.25) is 0 Å². The molecule has 0 saturated carbocycles. The van der Waals surface area contributed by atoms with Crippen LogP contribution in [-0.4, -0.2) is 22.2 Å². The van der Waals surface area contributed by atoms with E-state index in [0.29, 0.717) is 5.82 Å². The van der Waals surface area contributed by atoms with E-state index in [1.807, 2.05) is 37.3 Å². The van der Waals surface area contributed by atoms with Crippen LogP contribution in [0.1, 0.15) is 24.2 Å². The number of aryl methyl sites for hydroxylation is 1. The molecule has 0 radical (unpaired) electrons. The Hall–Kier alpha value is -1.92. The maximum Gasteiger partial charge on any atom is 0.320 e. The van der Waals surface area contributed by atoms with Gasteiger partial charge in [-0.05, 0) is 43.2 Å².